The Morgan fingerprint density at radius 1 is 1.27 bits per heavy atom. The molecule has 0 aliphatic carbocycles. The van der Waals surface area contributed by atoms with Gasteiger partial charge in [-0.1, -0.05) is 0 Å². The Morgan fingerprint density at radius 3 is 2.85 bits per heavy atom. The highest BCUT2D eigenvalue weighted by Crippen LogP contribution is 2.23. The number of benzene rings is 1. The summed E-state index contributed by atoms with van der Waals surface area (Å²) in [6.45, 7) is 0.309. The van der Waals surface area contributed by atoms with Gasteiger partial charge in [0.1, 0.15) is 35.8 Å². The number of nitrogens with zero attached hydrogens (tertiary/aromatic N) is 8. The lowest BCUT2D eigenvalue weighted by atomic mass is 10.2. The average molecular weight is 444 g/mol. The van der Waals surface area contributed by atoms with Crippen LogP contribution < -0.4 is 15.5 Å². The lowest BCUT2D eigenvalue weighted by Crippen LogP contribution is -2.52. The second kappa shape index (κ2) is 8.39. The van der Waals surface area contributed by atoms with Crippen LogP contribution in [0.4, 0.5) is 15.9 Å². The number of ether oxygens (including phenoxy) is 1. The normalized spacial score (nSPS) is 18.2. The number of amidine groups is 1. The van der Waals surface area contributed by atoms with Gasteiger partial charge in [-0.25, -0.2) is 19.4 Å². The molecule has 0 fully saturated rings. The Hall–Kier alpha value is -4.79. The fraction of sp³-hybridized carbons (Fsp3) is 0.143. The largest absolute Gasteiger partial charge is 0.495 e. The van der Waals surface area contributed by atoms with E-state index in [1.54, 1.807) is 48.7 Å². The van der Waals surface area contributed by atoms with E-state index in [1.807, 2.05) is 0 Å². The summed E-state index contributed by atoms with van der Waals surface area (Å²) in [6, 6.07) is 9.77. The van der Waals surface area contributed by atoms with E-state index < -0.39 is 11.9 Å². The summed E-state index contributed by atoms with van der Waals surface area (Å²) in [5, 5.41) is 21.8. The first-order valence-corrected chi connectivity index (χ1v) is 9.87. The Balaban J connectivity index is 1.48. The van der Waals surface area contributed by atoms with Crippen molar-refractivity contribution in [3.8, 4) is 17.5 Å². The molecule has 2 aromatic heterocycles. The molecule has 164 valence electrons. The Morgan fingerprint density at radius 2 is 2.12 bits per heavy atom. The van der Waals surface area contributed by atoms with Gasteiger partial charge in [0.2, 0.25) is 0 Å². The van der Waals surface area contributed by atoms with Crippen molar-refractivity contribution in [2.75, 3.05) is 19.0 Å². The molecule has 1 atom stereocenters. The Bertz CT molecular complexity index is 1310. The van der Waals surface area contributed by atoms with E-state index in [4.69, 9.17) is 4.74 Å². The predicted molar refractivity (Wildman–Crippen MR) is 118 cm³/mol. The van der Waals surface area contributed by atoms with Gasteiger partial charge in [0.15, 0.2) is 17.7 Å². The van der Waals surface area contributed by atoms with Crippen molar-refractivity contribution in [3.05, 3.63) is 66.9 Å². The number of hydrogen-bond donors (Lipinski definition) is 2. The van der Waals surface area contributed by atoms with Gasteiger partial charge in [0.25, 0.3) is 0 Å². The van der Waals surface area contributed by atoms with Crippen LogP contribution in [0.25, 0.3) is 5.69 Å². The van der Waals surface area contributed by atoms with Crippen molar-refractivity contribution in [1.29, 1.82) is 5.26 Å². The van der Waals surface area contributed by atoms with Gasteiger partial charge in [-0.15, -0.1) is 10.2 Å². The molecule has 2 aliphatic heterocycles. The number of hydrogen-bond acceptors (Lipinski definition) is 10. The molecule has 33 heavy (non-hydrogen) atoms. The van der Waals surface area contributed by atoms with Gasteiger partial charge in [0.05, 0.1) is 31.6 Å². The molecule has 0 bridgehead atoms. The maximum atomic E-state index is 14.3. The maximum absolute atomic E-state index is 14.3. The van der Waals surface area contributed by atoms with Crippen molar-refractivity contribution >= 4 is 23.1 Å². The van der Waals surface area contributed by atoms with Crippen LogP contribution >= 0.6 is 0 Å². The van der Waals surface area contributed by atoms with E-state index in [-0.39, 0.29) is 5.69 Å². The maximum Gasteiger partial charge on any atom is 0.170 e. The molecule has 0 radical (unpaired) electrons. The molecular formula is C21H17FN10O. The van der Waals surface area contributed by atoms with Gasteiger partial charge < -0.3 is 10.1 Å². The minimum atomic E-state index is -0.500. The number of anilines is 1. The summed E-state index contributed by atoms with van der Waals surface area (Å²) in [5.74, 6) is 1.73. The molecule has 1 unspecified atom stereocenters. The third-order valence-electron chi connectivity index (χ3n) is 4.97. The van der Waals surface area contributed by atoms with E-state index in [2.05, 4.69) is 42.0 Å². The molecule has 2 N–H and O–H groups in total. The number of nitrogens with one attached hydrogen (secondary N) is 2. The topological polar surface area (TPSA) is 129 Å². The molecule has 0 saturated carbocycles. The zero-order valence-electron chi connectivity index (χ0n) is 17.3. The highest BCUT2D eigenvalue weighted by Gasteiger charge is 2.34. The van der Waals surface area contributed by atoms with Crippen LogP contribution in [0.3, 0.4) is 0 Å². The number of methoxy groups -OCH3 is 1. The van der Waals surface area contributed by atoms with Gasteiger partial charge in [0, 0.05) is 11.8 Å². The summed E-state index contributed by atoms with van der Waals surface area (Å²) in [6.07, 6.45) is 6.15. The van der Waals surface area contributed by atoms with Crippen LogP contribution in [-0.4, -0.2) is 56.0 Å². The first-order chi connectivity index (χ1) is 16.1. The molecular weight excluding hydrogens is 427 g/mol. The minimum absolute atomic E-state index is 0.288. The van der Waals surface area contributed by atoms with Crippen LogP contribution in [0.5, 0.6) is 5.75 Å². The van der Waals surface area contributed by atoms with E-state index >= 15 is 0 Å². The fourth-order valence-corrected chi connectivity index (χ4v) is 3.37. The number of fused-ring (bicyclic) bond motifs is 1. The van der Waals surface area contributed by atoms with Crippen molar-refractivity contribution in [1.82, 2.24) is 30.2 Å². The van der Waals surface area contributed by atoms with Gasteiger partial charge in [-0.3, -0.25) is 15.0 Å². The average Bonchev–Trinajstić information content (AvgIpc) is 3.51. The molecule has 0 amide bonds. The second-order valence-electron chi connectivity index (χ2n) is 7.06. The number of halogens is 1. The van der Waals surface area contributed by atoms with Crippen molar-refractivity contribution < 1.29 is 9.13 Å². The highest BCUT2D eigenvalue weighted by molar-refractivity contribution is 6.47. The van der Waals surface area contributed by atoms with Gasteiger partial charge in [-0.2, -0.15) is 5.26 Å². The molecule has 2 aliphatic rings. The molecule has 5 rings (SSSR count). The Kier molecular flexibility index (Phi) is 5.12. The second-order valence-corrected chi connectivity index (χ2v) is 7.06. The molecule has 1 aromatic carbocycles. The quantitative estimate of drug-likeness (QED) is 0.611. The number of aliphatic imine (C=N–C) groups is 2. The summed E-state index contributed by atoms with van der Waals surface area (Å²) in [5.41, 5.74) is 4.57. The van der Waals surface area contributed by atoms with Crippen molar-refractivity contribution in [3.63, 3.8) is 0 Å². The summed E-state index contributed by atoms with van der Waals surface area (Å²) in [4.78, 5) is 13.3. The number of hydrazine groups is 1. The van der Waals surface area contributed by atoms with E-state index in [0.29, 0.717) is 41.2 Å². The lowest BCUT2D eigenvalue weighted by molar-refractivity contribution is 0.328. The van der Waals surface area contributed by atoms with Crippen molar-refractivity contribution in [2.24, 2.45) is 9.98 Å². The van der Waals surface area contributed by atoms with Crippen molar-refractivity contribution in [2.45, 2.75) is 6.04 Å². The molecule has 3 aromatic rings. The number of aromatic nitrogens is 4. The summed E-state index contributed by atoms with van der Waals surface area (Å²) >= 11 is 0. The SMILES string of the molecule is COc1ccc(N=C2C=C(Nc3ccc(F)c(-n4cnnc4)c3)NN3C2=NCC3C#N)nc1. The standard InChI is InChI=1S/C21H17FN10O/c1-33-15-3-5-19(24-10-15)29-17-7-20(30-32-14(8-23)9-25-21(17)32)28-13-2-4-16(22)18(6-13)31-11-26-27-12-31/h2-7,10-12,14,28,30H,9H2,1H3. The predicted octanol–water partition coefficient (Wildman–Crippen LogP) is 1.96. The zero-order valence-corrected chi connectivity index (χ0v) is 17.3. The molecule has 11 nitrogen and oxygen atoms in total. The van der Waals surface area contributed by atoms with Crippen LogP contribution in [-0.2, 0) is 0 Å². The minimum Gasteiger partial charge on any atom is -0.495 e. The molecule has 0 spiro atoms. The fourth-order valence-electron chi connectivity index (χ4n) is 3.37. The number of rotatable bonds is 5. The first kappa shape index (κ1) is 20.1. The number of pyridine rings is 1. The van der Waals surface area contributed by atoms with E-state index in [1.165, 1.54) is 23.3 Å². The third kappa shape index (κ3) is 3.94. The summed E-state index contributed by atoms with van der Waals surface area (Å²) in [7, 11) is 1.56. The third-order valence-corrected chi connectivity index (χ3v) is 4.97. The monoisotopic (exact) mass is 444 g/mol. The van der Waals surface area contributed by atoms with Gasteiger partial charge >= 0.3 is 0 Å². The van der Waals surface area contributed by atoms with Crippen LogP contribution in [0.2, 0.25) is 0 Å². The van der Waals surface area contributed by atoms with E-state index in [0.717, 1.165) is 0 Å². The lowest BCUT2D eigenvalue weighted by Gasteiger charge is -2.31. The van der Waals surface area contributed by atoms with Crippen LogP contribution in [0.15, 0.2) is 71.1 Å². The molecule has 0 saturated heterocycles. The van der Waals surface area contributed by atoms with Crippen LogP contribution in [0.1, 0.15) is 0 Å². The van der Waals surface area contributed by atoms with Gasteiger partial charge in [-0.05, 0) is 30.3 Å². The molecule has 4 heterocycles. The van der Waals surface area contributed by atoms with E-state index in [9.17, 15) is 9.65 Å². The summed E-state index contributed by atoms with van der Waals surface area (Å²) < 4.78 is 20.9. The van der Waals surface area contributed by atoms with Crippen LogP contribution in [0, 0.1) is 17.1 Å². The Labute approximate surface area is 187 Å². The highest BCUT2D eigenvalue weighted by atomic mass is 19.1. The smallest absolute Gasteiger partial charge is 0.170 e. The number of nitriles is 1. The first-order valence-electron chi connectivity index (χ1n) is 9.87. The zero-order chi connectivity index (χ0) is 22.8. The molecule has 12 heteroatoms.